The molecule has 86 valence electrons. The fourth-order valence-corrected chi connectivity index (χ4v) is 1.86. The second kappa shape index (κ2) is 3.92. The molecule has 2 N–H and O–H groups in total. The van der Waals surface area contributed by atoms with E-state index in [1.165, 1.54) is 12.8 Å². The van der Waals surface area contributed by atoms with Crippen LogP contribution in [0.1, 0.15) is 30.1 Å². The van der Waals surface area contributed by atoms with E-state index in [4.69, 9.17) is 18.0 Å². The molecule has 1 aliphatic rings. The summed E-state index contributed by atoms with van der Waals surface area (Å²) >= 11 is 4.91. The van der Waals surface area contributed by atoms with Crippen LogP contribution in [0, 0.1) is 0 Å². The maximum atomic E-state index is 5.56. The lowest BCUT2D eigenvalue weighted by Gasteiger charge is -2.02. The van der Waals surface area contributed by atoms with E-state index in [1.54, 1.807) is 10.7 Å². The summed E-state index contributed by atoms with van der Waals surface area (Å²) in [5.74, 6) is 1.40. The second-order valence-electron chi connectivity index (χ2n) is 4.20. The Balaban J connectivity index is 1.96. The van der Waals surface area contributed by atoms with Gasteiger partial charge in [0, 0.05) is 12.1 Å². The van der Waals surface area contributed by atoms with Gasteiger partial charge in [0.15, 0.2) is 5.82 Å². The predicted octanol–water partition coefficient (Wildman–Crippen LogP) is 1.78. The summed E-state index contributed by atoms with van der Waals surface area (Å²) in [5.41, 5.74) is 7.34. The average Bonchev–Trinajstić information content (AvgIpc) is 3.07. The fourth-order valence-electron chi connectivity index (χ4n) is 1.75. The molecule has 2 aromatic heterocycles. The van der Waals surface area contributed by atoms with Crippen LogP contribution in [-0.4, -0.2) is 19.8 Å². The van der Waals surface area contributed by atoms with Crippen molar-refractivity contribution in [2.75, 3.05) is 0 Å². The number of hydrogen-bond acceptors (Lipinski definition) is 3. The van der Waals surface area contributed by atoms with Gasteiger partial charge < -0.3 is 5.73 Å². The molecular weight excluding hydrogens is 232 g/mol. The Labute approximate surface area is 104 Å². The lowest BCUT2D eigenvalue weighted by molar-refractivity contribution is 0.812. The van der Waals surface area contributed by atoms with E-state index in [9.17, 15) is 0 Å². The Hall–Kier alpha value is -1.75. The highest BCUT2D eigenvalue weighted by Crippen LogP contribution is 2.38. The molecule has 1 aliphatic carbocycles. The summed E-state index contributed by atoms with van der Waals surface area (Å²) in [6, 6.07) is 7.63. The number of nitrogens with two attached hydrogens (primary N) is 1. The van der Waals surface area contributed by atoms with Crippen LogP contribution in [-0.2, 0) is 0 Å². The zero-order valence-corrected chi connectivity index (χ0v) is 10.0. The monoisotopic (exact) mass is 244 g/mol. The van der Waals surface area contributed by atoms with Crippen LogP contribution < -0.4 is 5.73 Å². The van der Waals surface area contributed by atoms with Crippen LogP contribution in [0.5, 0.6) is 0 Å². The Morgan fingerprint density at radius 3 is 2.88 bits per heavy atom. The predicted molar refractivity (Wildman–Crippen MR) is 69.2 cm³/mol. The molecule has 0 aliphatic heterocycles. The fraction of sp³-hybridized carbons (Fsp3) is 0.250. The molecule has 17 heavy (non-hydrogen) atoms. The molecule has 0 radical (unpaired) electrons. The highest BCUT2D eigenvalue weighted by molar-refractivity contribution is 7.80. The van der Waals surface area contributed by atoms with Gasteiger partial charge in [-0.05, 0) is 31.0 Å². The Kier molecular flexibility index (Phi) is 2.40. The van der Waals surface area contributed by atoms with Crippen LogP contribution in [0.25, 0.3) is 5.82 Å². The molecule has 3 rings (SSSR count). The molecule has 2 aromatic rings. The first-order chi connectivity index (χ1) is 8.24. The molecule has 0 aromatic carbocycles. The number of thiocarbonyl (C=S) groups is 1. The van der Waals surface area contributed by atoms with E-state index in [0.29, 0.717) is 16.6 Å². The largest absolute Gasteiger partial charge is 0.388 e. The summed E-state index contributed by atoms with van der Waals surface area (Å²) in [6.45, 7) is 0. The van der Waals surface area contributed by atoms with E-state index < -0.39 is 0 Å². The number of rotatable bonds is 3. The summed E-state index contributed by atoms with van der Waals surface area (Å²) < 4.78 is 1.77. The lowest BCUT2D eigenvalue weighted by atomic mass is 10.3. The topological polar surface area (TPSA) is 56.7 Å². The molecule has 1 saturated carbocycles. The van der Waals surface area contributed by atoms with Crippen molar-refractivity contribution in [2.45, 2.75) is 18.8 Å². The van der Waals surface area contributed by atoms with Crippen LogP contribution in [0.2, 0.25) is 0 Å². The maximum Gasteiger partial charge on any atom is 0.154 e. The maximum absolute atomic E-state index is 5.56. The third-order valence-corrected chi connectivity index (χ3v) is 3.04. The van der Waals surface area contributed by atoms with Gasteiger partial charge in [-0.15, -0.1) is 0 Å². The van der Waals surface area contributed by atoms with Gasteiger partial charge in [0.05, 0.1) is 11.4 Å². The SMILES string of the molecule is NC(=S)c1cccc(-n2ccc(C3CC3)n2)n1. The molecule has 0 atom stereocenters. The highest BCUT2D eigenvalue weighted by atomic mass is 32.1. The molecule has 1 fully saturated rings. The molecule has 4 nitrogen and oxygen atoms in total. The molecule has 5 heteroatoms. The zero-order valence-electron chi connectivity index (χ0n) is 9.21. The van der Waals surface area contributed by atoms with E-state index in [0.717, 1.165) is 11.5 Å². The van der Waals surface area contributed by atoms with E-state index in [1.807, 2.05) is 24.4 Å². The minimum absolute atomic E-state index is 0.307. The molecule has 0 unspecified atom stereocenters. The van der Waals surface area contributed by atoms with Gasteiger partial charge >= 0.3 is 0 Å². The van der Waals surface area contributed by atoms with Crippen molar-refractivity contribution in [3.8, 4) is 5.82 Å². The Morgan fingerprint density at radius 1 is 1.35 bits per heavy atom. The van der Waals surface area contributed by atoms with Gasteiger partial charge in [-0.3, -0.25) is 0 Å². The standard InChI is InChI=1S/C12H12N4S/c13-12(17)10-2-1-3-11(14-10)16-7-6-9(15-16)8-4-5-8/h1-3,6-8H,4-5H2,(H2,13,17). The van der Waals surface area contributed by atoms with Gasteiger partial charge in [-0.1, -0.05) is 18.3 Å². The van der Waals surface area contributed by atoms with Gasteiger partial charge in [0.25, 0.3) is 0 Å². The van der Waals surface area contributed by atoms with Gasteiger partial charge in [0.1, 0.15) is 4.99 Å². The first kappa shape index (κ1) is 10.4. The van der Waals surface area contributed by atoms with Crippen molar-refractivity contribution in [3.05, 3.63) is 41.9 Å². The first-order valence-corrected chi connectivity index (χ1v) is 5.97. The van der Waals surface area contributed by atoms with Gasteiger partial charge in [0.2, 0.25) is 0 Å². The lowest BCUT2D eigenvalue weighted by Crippen LogP contribution is -2.13. The van der Waals surface area contributed by atoms with Crippen LogP contribution >= 0.6 is 12.2 Å². The minimum Gasteiger partial charge on any atom is -0.388 e. The van der Waals surface area contributed by atoms with E-state index in [2.05, 4.69) is 10.1 Å². The van der Waals surface area contributed by atoms with Crippen molar-refractivity contribution in [1.29, 1.82) is 0 Å². The average molecular weight is 244 g/mol. The van der Waals surface area contributed by atoms with Crippen molar-refractivity contribution >= 4 is 17.2 Å². The van der Waals surface area contributed by atoms with Crippen LogP contribution in [0.3, 0.4) is 0 Å². The first-order valence-electron chi connectivity index (χ1n) is 5.57. The number of aromatic nitrogens is 3. The smallest absolute Gasteiger partial charge is 0.154 e. The Morgan fingerprint density at radius 2 is 2.18 bits per heavy atom. The van der Waals surface area contributed by atoms with Crippen molar-refractivity contribution in [2.24, 2.45) is 5.73 Å². The zero-order chi connectivity index (χ0) is 11.8. The Bertz CT molecular complexity index is 571. The minimum atomic E-state index is 0.307. The second-order valence-corrected chi connectivity index (χ2v) is 4.64. The summed E-state index contributed by atoms with van der Waals surface area (Å²) in [4.78, 5) is 4.68. The third-order valence-electron chi connectivity index (χ3n) is 2.83. The quantitative estimate of drug-likeness (QED) is 0.836. The molecule has 0 bridgehead atoms. The van der Waals surface area contributed by atoms with Crippen molar-refractivity contribution < 1.29 is 0 Å². The molecular formula is C12H12N4S. The molecule has 0 spiro atoms. The van der Waals surface area contributed by atoms with Crippen LogP contribution in [0.4, 0.5) is 0 Å². The molecule has 2 heterocycles. The highest BCUT2D eigenvalue weighted by Gasteiger charge is 2.25. The molecule has 0 saturated heterocycles. The van der Waals surface area contributed by atoms with Crippen LogP contribution in [0.15, 0.2) is 30.5 Å². The number of nitrogens with zero attached hydrogens (tertiary/aromatic N) is 3. The van der Waals surface area contributed by atoms with Gasteiger partial charge in [-0.25, -0.2) is 9.67 Å². The normalized spacial score (nSPS) is 14.8. The summed E-state index contributed by atoms with van der Waals surface area (Å²) in [7, 11) is 0. The van der Waals surface area contributed by atoms with Gasteiger partial charge in [-0.2, -0.15) is 5.10 Å². The summed E-state index contributed by atoms with van der Waals surface area (Å²) in [5, 5.41) is 4.51. The third kappa shape index (κ3) is 2.06. The molecule has 0 amide bonds. The van der Waals surface area contributed by atoms with E-state index >= 15 is 0 Å². The number of hydrogen-bond donors (Lipinski definition) is 1. The number of pyridine rings is 1. The summed E-state index contributed by atoms with van der Waals surface area (Å²) in [6.07, 6.45) is 4.42. The van der Waals surface area contributed by atoms with Crippen molar-refractivity contribution in [1.82, 2.24) is 14.8 Å². The van der Waals surface area contributed by atoms with Crippen molar-refractivity contribution in [3.63, 3.8) is 0 Å². The van der Waals surface area contributed by atoms with E-state index in [-0.39, 0.29) is 0 Å².